The van der Waals surface area contributed by atoms with Gasteiger partial charge in [-0.2, -0.15) is 0 Å². The Morgan fingerprint density at radius 1 is 1.19 bits per heavy atom. The van der Waals surface area contributed by atoms with Gasteiger partial charge >= 0.3 is 5.97 Å². The number of pyridine rings is 1. The molecule has 0 unspecified atom stereocenters. The van der Waals surface area contributed by atoms with E-state index in [1.165, 1.54) is 0 Å². The number of fused-ring (bicyclic) bond motifs is 1. The molecule has 3 aromatic rings. The first-order chi connectivity index (χ1) is 14.9. The summed E-state index contributed by atoms with van der Waals surface area (Å²) in [5.74, 6) is -1.05. The topological polar surface area (TPSA) is 79.7 Å². The molecule has 1 fully saturated rings. The van der Waals surface area contributed by atoms with Crippen LogP contribution in [0.2, 0.25) is 5.02 Å². The zero-order chi connectivity index (χ0) is 22.0. The zero-order valence-electron chi connectivity index (χ0n) is 17.1. The Morgan fingerprint density at radius 3 is 2.77 bits per heavy atom. The number of ether oxygens (including phenoxy) is 1. The highest BCUT2D eigenvalue weighted by atomic mass is 35.5. The van der Waals surface area contributed by atoms with Crippen molar-refractivity contribution in [3.05, 3.63) is 59.8 Å². The first kappa shape index (κ1) is 21.1. The summed E-state index contributed by atoms with van der Waals surface area (Å²) in [5.41, 5.74) is 2.63. The fourth-order valence-corrected chi connectivity index (χ4v) is 4.24. The molecule has 1 aliphatic heterocycles. The maximum absolute atomic E-state index is 12.8. The molecule has 160 valence electrons. The molecule has 2 heterocycles. The van der Waals surface area contributed by atoms with Crippen molar-refractivity contribution in [1.82, 2.24) is 9.88 Å². The van der Waals surface area contributed by atoms with E-state index in [0.717, 1.165) is 22.0 Å². The summed E-state index contributed by atoms with van der Waals surface area (Å²) >= 11 is 6.37. The molecule has 1 N–H and O–H groups in total. The number of hydrogen-bond donors (Lipinski definition) is 1. The molecular formula is C24H23ClN2O4. The van der Waals surface area contributed by atoms with Crippen molar-refractivity contribution in [1.29, 1.82) is 0 Å². The van der Waals surface area contributed by atoms with Crippen LogP contribution < -0.4 is 4.74 Å². The van der Waals surface area contributed by atoms with Gasteiger partial charge in [0.15, 0.2) is 6.10 Å². The SMILES string of the molecule is C[C@H](Oc1ccc2c(-c3ccccc3Cl)ccnc2c1)C(=O)N1CCC[C@@H](C(=O)O)C1. The van der Waals surface area contributed by atoms with Gasteiger partial charge in [-0.15, -0.1) is 0 Å². The van der Waals surface area contributed by atoms with Crippen molar-refractivity contribution in [3.8, 4) is 16.9 Å². The highest BCUT2D eigenvalue weighted by Crippen LogP contribution is 2.34. The largest absolute Gasteiger partial charge is 0.481 e. The van der Waals surface area contributed by atoms with Crippen LogP contribution >= 0.6 is 11.6 Å². The lowest BCUT2D eigenvalue weighted by molar-refractivity contribution is -0.147. The second-order valence-electron chi connectivity index (χ2n) is 7.74. The Kier molecular flexibility index (Phi) is 6.09. The number of carbonyl (C=O) groups is 2. The minimum Gasteiger partial charge on any atom is -0.481 e. The number of benzene rings is 2. The highest BCUT2D eigenvalue weighted by molar-refractivity contribution is 6.33. The number of carboxylic acids is 1. The first-order valence-electron chi connectivity index (χ1n) is 10.3. The van der Waals surface area contributed by atoms with Crippen molar-refractivity contribution in [2.45, 2.75) is 25.9 Å². The number of likely N-dealkylation sites (tertiary alicyclic amines) is 1. The Balaban J connectivity index is 1.53. The normalized spacial score (nSPS) is 17.4. The Morgan fingerprint density at radius 2 is 2.00 bits per heavy atom. The Labute approximate surface area is 185 Å². The molecule has 0 spiro atoms. The van der Waals surface area contributed by atoms with Crippen LogP contribution in [0.15, 0.2) is 54.7 Å². The number of carboxylic acid groups (broad SMARTS) is 1. The van der Waals surface area contributed by atoms with Crippen LogP contribution in [0.25, 0.3) is 22.0 Å². The van der Waals surface area contributed by atoms with E-state index < -0.39 is 18.0 Å². The van der Waals surface area contributed by atoms with Crippen LogP contribution in [0.1, 0.15) is 19.8 Å². The fourth-order valence-electron chi connectivity index (χ4n) is 4.01. The van der Waals surface area contributed by atoms with Crippen LogP contribution in [0.5, 0.6) is 5.75 Å². The van der Waals surface area contributed by atoms with E-state index in [4.69, 9.17) is 16.3 Å². The maximum atomic E-state index is 12.8. The van der Waals surface area contributed by atoms with Crippen LogP contribution in [0.3, 0.4) is 0 Å². The van der Waals surface area contributed by atoms with E-state index >= 15 is 0 Å². The van der Waals surface area contributed by atoms with E-state index in [1.54, 1.807) is 24.1 Å². The summed E-state index contributed by atoms with van der Waals surface area (Å²) in [7, 11) is 0. The summed E-state index contributed by atoms with van der Waals surface area (Å²) in [5, 5.41) is 10.8. The molecule has 0 radical (unpaired) electrons. The number of aromatic nitrogens is 1. The molecule has 4 rings (SSSR count). The monoisotopic (exact) mass is 438 g/mol. The molecule has 2 aromatic carbocycles. The number of carbonyl (C=O) groups excluding carboxylic acids is 1. The smallest absolute Gasteiger partial charge is 0.308 e. The summed E-state index contributed by atoms with van der Waals surface area (Å²) < 4.78 is 5.90. The molecule has 7 heteroatoms. The second kappa shape index (κ2) is 8.94. The molecule has 6 nitrogen and oxygen atoms in total. The van der Waals surface area contributed by atoms with Gasteiger partial charge in [0, 0.05) is 41.3 Å². The van der Waals surface area contributed by atoms with E-state index in [0.29, 0.717) is 30.2 Å². The third kappa shape index (κ3) is 4.49. The summed E-state index contributed by atoms with van der Waals surface area (Å²) in [6.07, 6.45) is 2.27. The molecule has 1 aliphatic rings. The lowest BCUT2D eigenvalue weighted by Crippen LogP contribution is -2.47. The maximum Gasteiger partial charge on any atom is 0.308 e. The van der Waals surface area contributed by atoms with Crippen molar-refractivity contribution < 1.29 is 19.4 Å². The standard InChI is InChI=1S/C24H23ClN2O4/c1-15(23(28)27-12-4-5-16(14-27)24(29)30)31-17-8-9-20-18(10-11-26-22(20)13-17)19-6-2-3-7-21(19)25/h2-3,6-11,13,15-16H,4-5,12,14H2,1H3,(H,29,30)/t15-,16+/m0/s1. The van der Waals surface area contributed by atoms with Gasteiger partial charge in [0.25, 0.3) is 5.91 Å². The summed E-state index contributed by atoms with van der Waals surface area (Å²) in [6.45, 7) is 2.46. The van der Waals surface area contributed by atoms with Crippen LogP contribution in [-0.2, 0) is 9.59 Å². The molecule has 1 saturated heterocycles. The minimum atomic E-state index is -0.860. The van der Waals surface area contributed by atoms with Crippen LogP contribution in [-0.4, -0.2) is 46.1 Å². The van der Waals surface area contributed by atoms with E-state index in [-0.39, 0.29) is 12.5 Å². The molecule has 0 bridgehead atoms. The van der Waals surface area contributed by atoms with Crippen LogP contribution in [0.4, 0.5) is 0 Å². The molecule has 31 heavy (non-hydrogen) atoms. The van der Waals surface area contributed by atoms with Crippen molar-refractivity contribution >= 4 is 34.4 Å². The third-order valence-corrected chi connectivity index (χ3v) is 5.95. The van der Waals surface area contributed by atoms with Gasteiger partial charge in [0.05, 0.1) is 11.4 Å². The fraction of sp³-hybridized carbons (Fsp3) is 0.292. The number of halogens is 1. The average molecular weight is 439 g/mol. The quantitative estimate of drug-likeness (QED) is 0.627. The summed E-state index contributed by atoms with van der Waals surface area (Å²) in [6, 6.07) is 15.1. The lowest BCUT2D eigenvalue weighted by Gasteiger charge is -2.32. The van der Waals surface area contributed by atoms with Gasteiger partial charge in [-0.25, -0.2) is 0 Å². The summed E-state index contributed by atoms with van der Waals surface area (Å²) in [4.78, 5) is 30.1. The molecule has 2 atom stereocenters. The van der Waals surface area contributed by atoms with Gasteiger partial charge < -0.3 is 14.7 Å². The molecule has 1 aromatic heterocycles. The first-order valence-corrected chi connectivity index (χ1v) is 10.6. The molecule has 1 amide bonds. The number of piperidine rings is 1. The Bertz CT molecular complexity index is 1130. The molecular weight excluding hydrogens is 416 g/mol. The van der Waals surface area contributed by atoms with E-state index in [2.05, 4.69) is 4.98 Å². The average Bonchev–Trinajstić information content (AvgIpc) is 2.78. The highest BCUT2D eigenvalue weighted by Gasteiger charge is 2.31. The van der Waals surface area contributed by atoms with E-state index in [1.807, 2.05) is 42.5 Å². The number of aliphatic carboxylic acids is 1. The van der Waals surface area contributed by atoms with Crippen molar-refractivity contribution in [2.75, 3.05) is 13.1 Å². The van der Waals surface area contributed by atoms with Crippen molar-refractivity contribution in [3.63, 3.8) is 0 Å². The van der Waals surface area contributed by atoms with Gasteiger partial charge in [-0.1, -0.05) is 29.8 Å². The minimum absolute atomic E-state index is 0.205. The second-order valence-corrected chi connectivity index (χ2v) is 8.15. The zero-order valence-corrected chi connectivity index (χ0v) is 17.9. The molecule has 0 aliphatic carbocycles. The Hall–Kier alpha value is -3.12. The number of amides is 1. The van der Waals surface area contributed by atoms with Gasteiger partial charge in [0.1, 0.15) is 5.75 Å². The number of rotatable bonds is 5. The van der Waals surface area contributed by atoms with Crippen LogP contribution in [0, 0.1) is 5.92 Å². The number of nitrogens with zero attached hydrogens (tertiary/aromatic N) is 2. The van der Waals surface area contributed by atoms with Gasteiger partial charge in [-0.05, 0) is 49.6 Å². The predicted octanol–water partition coefficient (Wildman–Crippen LogP) is 4.65. The van der Waals surface area contributed by atoms with E-state index in [9.17, 15) is 14.7 Å². The lowest BCUT2D eigenvalue weighted by atomic mass is 9.98. The third-order valence-electron chi connectivity index (χ3n) is 5.62. The molecule has 0 saturated carbocycles. The van der Waals surface area contributed by atoms with Gasteiger partial charge in [-0.3, -0.25) is 14.6 Å². The predicted molar refractivity (Wildman–Crippen MR) is 119 cm³/mol. The number of hydrogen-bond acceptors (Lipinski definition) is 4. The van der Waals surface area contributed by atoms with Crippen molar-refractivity contribution in [2.24, 2.45) is 5.92 Å². The van der Waals surface area contributed by atoms with Gasteiger partial charge in [0.2, 0.25) is 0 Å².